The average Bonchev–Trinajstić information content (AvgIpc) is 3.07. The molecule has 0 N–H and O–H groups in total. The number of aryl methyl sites for hydroxylation is 3. The number of thiazole rings is 1. The van der Waals surface area contributed by atoms with E-state index >= 15 is 0 Å². The van der Waals surface area contributed by atoms with Crippen molar-refractivity contribution in [3.63, 3.8) is 0 Å². The predicted molar refractivity (Wildman–Crippen MR) is 84.7 cm³/mol. The Morgan fingerprint density at radius 2 is 2.10 bits per heavy atom. The minimum atomic E-state index is 0.459. The Morgan fingerprint density at radius 3 is 2.90 bits per heavy atom. The highest BCUT2D eigenvalue weighted by atomic mass is 32.1. The average molecular weight is 288 g/mol. The highest BCUT2D eigenvalue weighted by Crippen LogP contribution is 2.42. The zero-order chi connectivity index (χ0) is 13.9. The van der Waals surface area contributed by atoms with Crippen molar-refractivity contribution in [1.82, 2.24) is 9.38 Å². The van der Waals surface area contributed by atoms with E-state index in [-0.39, 0.29) is 0 Å². The fourth-order valence-electron chi connectivity index (χ4n) is 3.99. The molecule has 1 atom stereocenters. The van der Waals surface area contributed by atoms with Crippen LogP contribution in [0.4, 0.5) is 0 Å². The molecule has 2 aliphatic rings. The summed E-state index contributed by atoms with van der Waals surface area (Å²) in [5, 5.41) is 0. The van der Waals surface area contributed by atoms with Gasteiger partial charge in [0.15, 0.2) is 4.96 Å². The monoisotopic (exact) mass is 288 g/mol. The second-order valence-electron chi connectivity index (χ2n) is 7.23. The van der Waals surface area contributed by atoms with Gasteiger partial charge in [-0.15, -0.1) is 11.3 Å². The van der Waals surface area contributed by atoms with Crippen LogP contribution in [0.1, 0.15) is 62.0 Å². The molecule has 0 radical (unpaired) electrons. The van der Waals surface area contributed by atoms with Gasteiger partial charge in [0.1, 0.15) is 0 Å². The van der Waals surface area contributed by atoms with Crippen LogP contribution < -0.4 is 0 Å². The third-order valence-corrected chi connectivity index (χ3v) is 6.98. The summed E-state index contributed by atoms with van der Waals surface area (Å²) in [5.41, 5.74) is 5.00. The van der Waals surface area contributed by atoms with Crippen LogP contribution >= 0.6 is 11.3 Å². The largest absolute Gasteiger partial charge is 0.291 e. The van der Waals surface area contributed by atoms with E-state index in [1.165, 1.54) is 55.6 Å². The van der Waals surface area contributed by atoms with Crippen molar-refractivity contribution in [3.8, 4) is 0 Å². The zero-order valence-corrected chi connectivity index (χ0v) is 13.6. The van der Waals surface area contributed by atoms with Gasteiger partial charge >= 0.3 is 0 Å². The molecule has 0 saturated heterocycles. The van der Waals surface area contributed by atoms with Crippen LogP contribution in [0, 0.1) is 11.3 Å². The lowest BCUT2D eigenvalue weighted by molar-refractivity contribution is 0.180. The second kappa shape index (κ2) is 4.33. The SMILES string of the molecule is CCC(C)(C)C1CCc2nc3sc4c(n3c2C1)CCC4. The molecule has 2 aliphatic carbocycles. The fraction of sp³-hybridized carbons (Fsp3) is 0.706. The van der Waals surface area contributed by atoms with Crippen molar-refractivity contribution in [3.05, 3.63) is 22.0 Å². The molecule has 4 rings (SSSR count). The quantitative estimate of drug-likeness (QED) is 0.799. The number of aromatic nitrogens is 2. The maximum atomic E-state index is 4.94. The van der Waals surface area contributed by atoms with E-state index in [1.54, 1.807) is 16.3 Å². The molecule has 3 heteroatoms. The summed E-state index contributed by atoms with van der Waals surface area (Å²) >= 11 is 1.95. The van der Waals surface area contributed by atoms with E-state index in [0.717, 1.165) is 5.92 Å². The smallest absolute Gasteiger partial charge is 0.194 e. The number of imidazole rings is 1. The van der Waals surface area contributed by atoms with Gasteiger partial charge in [-0.05, 0) is 49.9 Å². The number of hydrogen-bond donors (Lipinski definition) is 0. The first-order valence-electron chi connectivity index (χ1n) is 8.11. The van der Waals surface area contributed by atoms with E-state index in [2.05, 4.69) is 25.2 Å². The Labute approximate surface area is 125 Å². The van der Waals surface area contributed by atoms with E-state index in [4.69, 9.17) is 4.98 Å². The molecular weight excluding hydrogens is 264 g/mol. The maximum absolute atomic E-state index is 4.94. The summed E-state index contributed by atoms with van der Waals surface area (Å²) in [4.78, 5) is 7.82. The Hall–Kier alpha value is -0.830. The topological polar surface area (TPSA) is 17.3 Å². The summed E-state index contributed by atoms with van der Waals surface area (Å²) in [6.07, 6.45) is 8.90. The van der Waals surface area contributed by atoms with E-state index in [9.17, 15) is 0 Å². The maximum Gasteiger partial charge on any atom is 0.194 e. The summed E-state index contributed by atoms with van der Waals surface area (Å²) in [7, 11) is 0. The first kappa shape index (κ1) is 12.9. The summed E-state index contributed by atoms with van der Waals surface area (Å²) < 4.78 is 2.54. The third-order valence-electron chi connectivity index (χ3n) is 5.83. The van der Waals surface area contributed by atoms with Crippen LogP contribution in [0.2, 0.25) is 0 Å². The highest BCUT2D eigenvalue weighted by Gasteiger charge is 2.34. The molecule has 1 unspecified atom stereocenters. The molecule has 2 heterocycles. The lowest BCUT2D eigenvalue weighted by atomic mass is 9.70. The molecule has 0 amide bonds. The minimum absolute atomic E-state index is 0.459. The Kier molecular flexibility index (Phi) is 2.79. The van der Waals surface area contributed by atoms with Gasteiger partial charge in [-0.2, -0.15) is 0 Å². The Balaban J connectivity index is 1.79. The Morgan fingerprint density at radius 1 is 1.25 bits per heavy atom. The van der Waals surface area contributed by atoms with Gasteiger partial charge in [-0.25, -0.2) is 4.98 Å². The lowest BCUT2D eigenvalue weighted by Crippen LogP contribution is -2.29. The predicted octanol–water partition coefficient (Wildman–Crippen LogP) is 4.43. The number of fused-ring (bicyclic) bond motifs is 5. The zero-order valence-electron chi connectivity index (χ0n) is 12.8. The lowest BCUT2D eigenvalue weighted by Gasteiger charge is -2.36. The van der Waals surface area contributed by atoms with Crippen LogP contribution in [0.3, 0.4) is 0 Å². The van der Waals surface area contributed by atoms with Gasteiger partial charge in [0.25, 0.3) is 0 Å². The van der Waals surface area contributed by atoms with Crippen LogP contribution in [0.5, 0.6) is 0 Å². The minimum Gasteiger partial charge on any atom is -0.291 e. The van der Waals surface area contributed by atoms with Gasteiger partial charge in [0.05, 0.1) is 5.69 Å². The van der Waals surface area contributed by atoms with Crippen LogP contribution in [-0.2, 0) is 25.7 Å². The van der Waals surface area contributed by atoms with Crippen molar-refractivity contribution in [2.75, 3.05) is 0 Å². The molecule has 0 aliphatic heterocycles. The molecule has 0 bridgehead atoms. The molecule has 0 spiro atoms. The van der Waals surface area contributed by atoms with E-state index in [1.807, 2.05) is 11.3 Å². The fourth-order valence-corrected chi connectivity index (χ4v) is 5.23. The first-order chi connectivity index (χ1) is 9.60. The number of rotatable bonds is 2. The number of hydrogen-bond acceptors (Lipinski definition) is 2. The van der Waals surface area contributed by atoms with Gasteiger partial charge < -0.3 is 0 Å². The Bertz CT molecular complexity index is 662. The summed E-state index contributed by atoms with van der Waals surface area (Å²) in [6, 6.07) is 0. The highest BCUT2D eigenvalue weighted by molar-refractivity contribution is 7.17. The molecular formula is C17H24N2S. The van der Waals surface area contributed by atoms with Gasteiger partial charge in [-0.3, -0.25) is 4.40 Å². The molecule has 2 aromatic heterocycles. The molecule has 0 aromatic carbocycles. The third kappa shape index (κ3) is 1.71. The van der Waals surface area contributed by atoms with Crippen molar-refractivity contribution >= 4 is 16.3 Å². The standard InChI is InChI=1S/C17H24N2S/c1-4-17(2,3)11-8-9-12-14(10-11)19-13-6-5-7-15(13)20-16(19)18-12/h11H,4-10H2,1-3H3. The molecule has 0 saturated carbocycles. The number of nitrogens with zero attached hydrogens (tertiary/aromatic N) is 2. The second-order valence-corrected chi connectivity index (χ2v) is 8.29. The summed E-state index contributed by atoms with van der Waals surface area (Å²) in [6.45, 7) is 7.22. The molecule has 2 nitrogen and oxygen atoms in total. The van der Waals surface area contributed by atoms with Crippen LogP contribution in [0.25, 0.3) is 4.96 Å². The van der Waals surface area contributed by atoms with Gasteiger partial charge in [0, 0.05) is 16.3 Å². The van der Waals surface area contributed by atoms with Crippen molar-refractivity contribution in [2.45, 2.75) is 65.7 Å². The molecule has 2 aromatic rings. The van der Waals surface area contributed by atoms with E-state index in [0.29, 0.717) is 5.41 Å². The van der Waals surface area contributed by atoms with Gasteiger partial charge in [0.2, 0.25) is 0 Å². The van der Waals surface area contributed by atoms with Crippen LogP contribution in [0.15, 0.2) is 0 Å². The van der Waals surface area contributed by atoms with Crippen molar-refractivity contribution < 1.29 is 0 Å². The molecule has 108 valence electrons. The molecule has 0 fully saturated rings. The van der Waals surface area contributed by atoms with E-state index < -0.39 is 0 Å². The van der Waals surface area contributed by atoms with Crippen molar-refractivity contribution in [2.24, 2.45) is 11.3 Å². The first-order valence-corrected chi connectivity index (χ1v) is 8.92. The normalized spacial score (nSPS) is 22.2. The van der Waals surface area contributed by atoms with Crippen LogP contribution in [-0.4, -0.2) is 9.38 Å². The summed E-state index contributed by atoms with van der Waals surface area (Å²) in [5.74, 6) is 0.817. The molecule has 20 heavy (non-hydrogen) atoms. The van der Waals surface area contributed by atoms with Crippen molar-refractivity contribution in [1.29, 1.82) is 0 Å². The van der Waals surface area contributed by atoms with Gasteiger partial charge in [-0.1, -0.05) is 27.2 Å².